The predicted molar refractivity (Wildman–Crippen MR) is 65.3 cm³/mol. The Morgan fingerprint density at radius 2 is 2.11 bits per heavy atom. The van der Waals surface area contributed by atoms with Crippen molar-refractivity contribution in [3.63, 3.8) is 0 Å². The zero-order chi connectivity index (χ0) is 14.2. The first-order chi connectivity index (χ1) is 8.78. The first-order valence-corrected chi connectivity index (χ1v) is 6.02. The van der Waals surface area contributed by atoms with E-state index in [1.807, 2.05) is 0 Å². The van der Waals surface area contributed by atoms with Gasteiger partial charge in [0.2, 0.25) is 0 Å². The van der Waals surface area contributed by atoms with Crippen LogP contribution in [0, 0.1) is 0 Å². The number of nitrogens with zero attached hydrogens (tertiary/aromatic N) is 1. The van der Waals surface area contributed by atoms with Gasteiger partial charge in [-0.25, -0.2) is 4.79 Å². The third kappa shape index (κ3) is 3.12. The molecule has 0 aliphatic rings. The summed E-state index contributed by atoms with van der Waals surface area (Å²) in [5.41, 5.74) is 1.41. The zero-order valence-electron chi connectivity index (χ0n) is 10.00. The van der Waals surface area contributed by atoms with Gasteiger partial charge in [-0.1, -0.05) is 6.07 Å². The number of aromatic nitrogens is 1. The molecule has 1 heterocycles. The van der Waals surface area contributed by atoms with Gasteiger partial charge in [0.1, 0.15) is 0 Å². The lowest BCUT2D eigenvalue weighted by molar-refractivity contribution is -0.135. The Morgan fingerprint density at radius 1 is 1.42 bits per heavy atom. The number of hydrogen-bond donors (Lipinski definition) is 0. The molecule has 104 valence electrons. The Bertz CT molecular complexity index is 644. The molecule has 0 bridgehead atoms. The van der Waals surface area contributed by atoms with Crippen LogP contribution in [-0.2, 0) is 7.05 Å². The number of aryl methyl sites for hydroxylation is 1. The number of rotatable bonds is 3. The average Bonchev–Trinajstić information content (AvgIpc) is 2.61. The van der Waals surface area contributed by atoms with Crippen LogP contribution in [0.15, 0.2) is 27.4 Å². The van der Waals surface area contributed by atoms with Crippen LogP contribution in [0.5, 0.6) is 0 Å². The molecule has 0 saturated heterocycles. The van der Waals surface area contributed by atoms with E-state index in [0.717, 1.165) is 0 Å². The van der Waals surface area contributed by atoms with Crippen LogP contribution >= 0.6 is 11.6 Å². The quantitative estimate of drug-likeness (QED) is 0.808. The Hall–Kier alpha value is -1.43. The van der Waals surface area contributed by atoms with E-state index < -0.39 is 23.7 Å². The second kappa shape index (κ2) is 4.92. The maximum Gasteiger partial charge on any atom is 0.419 e. The summed E-state index contributed by atoms with van der Waals surface area (Å²) < 4.78 is 42.6. The van der Waals surface area contributed by atoms with E-state index in [1.165, 1.54) is 10.6 Å². The molecule has 0 saturated carbocycles. The summed E-state index contributed by atoms with van der Waals surface area (Å²) in [5, 5.41) is -0.767. The third-order valence-corrected chi connectivity index (χ3v) is 3.33. The Morgan fingerprint density at radius 3 is 2.74 bits per heavy atom. The van der Waals surface area contributed by atoms with Crippen LogP contribution in [0.2, 0.25) is 0 Å². The molecule has 0 aliphatic carbocycles. The Labute approximate surface area is 111 Å². The van der Waals surface area contributed by atoms with Gasteiger partial charge in [-0.3, -0.25) is 4.57 Å². The van der Waals surface area contributed by atoms with Gasteiger partial charge in [-0.15, -0.1) is 11.6 Å². The molecule has 0 aliphatic heterocycles. The molecular weight excluding hydrogens is 283 g/mol. The van der Waals surface area contributed by atoms with Crippen LogP contribution in [-0.4, -0.2) is 10.7 Å². The minimum atomic E-state index is -4.23. The largest absolute Gasteiger partial charge is 0.419 e. The summed E-state index contributed by atoms with van der Waals surface area (Å²) >= 11 is 5.93. The highest BCUT2D eigenvalue weighted by Crippen LogP contribution is 2.32. The van der Waals surface area contributed by atoms with Gasteiger partial charge in [-0.2, -0.15) is 13.2 Å². The fraction of sp³-hybridized carbons (Fsp3) is 0.417. The molecule has 2 rings (SSSR count). The van der Waals surface area contributed by atoms with Crippen molar-refractivity contribution in [1.29, 1.82) is 0 Å². The molecule has 1 aromatic heterocycles. The lowest BCUT2D eigenvalue weighted by Gasteiger charge is -2.11. The van der Waals surface area contributed by atoms with Gasteiger partial charge < -0.3 is 4.42 Å². The number of hydrogen-bond acceptors (Lipinski definition) is 2. The highest BCUT2D eigenvalue weighted by Gasteiger charge is 2.28. The number of oxazole rings is 1. The van der Waals surface area contributed by atoms with Crippen molar-refractivity contribution in [1.82, 2.24) is 4.57 Å². The fourth-order valence-electron chi connectivity index (χ4n) is 1.80. The molecule has 0 fully saturated rings. The molecule has 7 heteroatoms. The van der Waals surface area contributed by atoms with E-state index in [1.54, 1.807) is 19.2 Å². The van der Waals surface area contributed by atoms with Gasteiger partial charge in [0, 0.05) is 13.5 Å². The molecule has 19 heavy (non-hydrogen) atoms. The zero-order valence-corrected chi connectivity index (χ0v) is 10.8. The summed E-state index contributed by atoms with van der Waals surface area (Å²) in [6.45, 7) is 0. The first-order valence-electron chi connectivity index (χ1n) is 5.58. The van der Waals surface area contributed by atoms with Crippen molar-refractivity contribution < 1.29 is 17.6 Å². The van der Waals surface area contributed by atoms with Crippen molar-refractivity contribution >= 4 is 22.7 Å². The predicted octanol–water partition coefficient (Wildman–Crippen LogP) is 3.75. The topological polar surface area (TPSA) is 35.1 Å². The number of fused-ring (bicyclic) bond motifs is 1. The lowest BCUT2D eigenvalue weighted by atomic mass is 10.1. The minimum Gasteiger partial charge on any atom is -0.408 e. The number of halogens is 4. The molecular formula is C12H11ClF3NO2. The summed E-state index contributed by atoms with van der Waals surface area (Å²) in [6.07, 6.45) is -5.39. The molecule has 2 aromatic rings. The average molecular weight is 294 g/mol. The first kappa shape index (κ1) is 14.0. The van der Waals surface area contributed by atoms with Crippen molar-refractivity contribution in [2.75, 3.05) is 0 Å². The van der Waals surface area contributed by atoms with E-state index >= 15 is 0 Å². The molecule has 1 aromatic carbocycles. The molecule has 0 spiro atoms. The van der Waals surface area contributed by atoms with Gasteiger partial charge in [0.15, 0.2) is 5.58 Å². The van der Waals surface area contributed by atoms with E-state index in [-0.39, 0.29) is 6.42 Å². The third-order valence-electron chi connectivity index (χ3n) is 2.86. The monoisotopic (exact) mass is 293 g/mol. The summed E-state index contributed by atoms with van der Waals surface area (Å²) in [6, 6.07) is 4.72. The standard InChI is InChI=1S/C12H11ClF3NO2/c1-17-9-3-2-7(6-10(9)19-11(17)18)8(13)4-5-12(14,15)16/h2-3,6,8H,4-5H2,1H3. The normalized spacial score (nSPS) is 13.9. The summed E-state index contributed by atoms with van der Waals surface area (Å²) in [5.74, 6) is -0.520. The Balaban J connectivity index is 2.23. The molecule has 1 unspecified atom stereocenters. The number of benzene rings is 1. The van der Waals surface area contributed by atoms with Crippen LogP contribution in [0.3, 0.4) is 0 Å². The highest BCUT2D eigenvalue weighted by molar-refractivity contribution is 6.20. The molecule has 0 radical (unpaired) electrons. The maximum absolute atomic E-state index is 12.1. The van der Waals surface area contributed by atoms with Gasteiger partial charge in [0.25, 0.3) is 0 Å². The smallest absolute Gasteiger partial charge is 0.408 e. The molecule has 3 nitrogen and oxygen atoms in total. The minimum absolute atomic E-state index is 0.215. The van der Waals surface area contributed by atoms with E-state index in [9.17, 15) is 18.0 Å². The van der Waals surface area contributed by atoms with Crippen molar-refractivity contribution in [2.24, 2.45) is 7.05 Å². The summed E-state index contributed by atoms with van der Waals surface area (Å²) in [7, 11) is 1.55. The van der Waals surface area contributed by atoms with Crippen LogP contribution < -0.4 is 5.76 Å². The number of alkyl halides is 4. The second-order valence-corrected chi connectivity index (χ2v) is 4.80. The fourth-order valence-corrected chi connectivity index (χ4v) is 2.05. The molecule has 1 atom stereocenters. The van der Waals surface area contributed by atoms with E-state index in [2.05, 4.69) is 0 Å². The lowest BCUT2D eigenvalue weighted by Crippen LogP contribution is -2.08. The van der Waals surface area contributed by atoms with Crippen LogP contribution in [0.1, 0.15) is 23.8 Å². The second-order valence-electron chi connectivity index (χ2n) is 4.28. The van der Waals surface area contributed by atoms with Gasteiger partial charge in [0.05, 0.1) is 10.9 Å². The van der Waals surface area contributed by atoms with Crippen molar-refractivity contribution in [3.05, 3.63) is 34.3 Å². The van der Waals surface area contributed by atoms with Gasteiger partial charge >= 0.3 is 11.9 Å². The van der Waals surface area contributed by atoms with Gasteiger partial charge in [-0.05, 0) is 24.1 Å². The van der Waals surface area contributed by atoms with Crippen LogP contribution in [0.25, 0.3) is 11.1 Å². The van der Waals surface area contributed by atoms with E-state index in [0.29, 0.717) is 16.7 Å². The molecule has 0 amide bonds. The Kier molecular flexibility index (Phi) is 3.62. The van der Waals surface area contributed by atoms with E-state index in [4.69, 9.17) is 16.0 Å². The SMILES string of the molecule is Cn1c(=O)oc2cc(C(Cl)CCC(F)(F)F)ccc21. The summed E-state index contributed by atoms with van der Waals surface area (Å²) in [4.78, 5) is 11.3. The van der Waals surface area contributed by atoms with Crippen molar-refractivity contribution in [3.8, 4) is 0 Å². The van der Waals surface area contributed by atoms with Crippen LogP contribution in [0.4, 0.5) is 13.2 Å². The highest BCUT2D eigenvalue weighted by atomic mass is 35.5. The molecule has 0 N–H and O–H groups in total. The van der Waals surface area contributed by atoms with Crippen molar-refractivity contribution in [2.45, 2.75) is 24.4 Å². The maximum atomic E-state index is 12.1.